The molecular formula is C16H18BrN7. The second kappa shape index (κ2) is 6.56. The topological polar surface area (TPSA) is 70.1 Å². The molecule has 0 radical (unpaired) electrons. The van der Waals surface area contributed by atoms with Crippen molar-refractivity contribution in [2.24, 2.45) is 0 Å². The molecule has 3 aromatic rings. The van der Waals surface area contributed by atoms with E-state index in [1.54, 1.807) is 18.6 Å². The number of anilines is 4. The zero-order valence-corrected chi connectivity index (χ0v) is 15.5. The largest absolute Gasteiger partial charge is 0.363 e. The van der Waals surface area contributed by atoms with Crippen molar-refractivity contribution in [3.8, 4) is 0 Å². The van der Waals surface area contributed by atoms with Crippen LogP contribution in [-0.2, 0) is 0 Å². The summed E-state index contributed by atoms with van der Waals surface area (Å²) >= 11 is 3.51. The minimum Gasteiger partial charge on any atom is -0.363 e. The second-order valence-electron chi connectivity index (χ2n) is 5.70. The van der Waals surface area contributed by atoms with Crippen LogP contribution in [0.2, 0.25) is 0 Å². The highest BCUT2D eigenvalue weighted by molar-refractivity contribution is 9.10. The van der Waals surface area contributed by atoms with Crippen molar-refractivity contribution in [1.29, 1.82) is 0 Å². The molecule has 0 spiro atoms. The van der Waals surface area contributed by atoms with E-state index in [-0.39, 0.29) is 0 Å². The van der Waals surface area contributed by atoms with E-state index in [0.29, 0.717) is 5.95 Å². The number of hydrogen-bond donors (Lipinski definition) is 1. The number of hydrogen-bond acceptors (Lipinski definition) is 7. The molecule has 0 saturated heterocycles. The number of rotatable bonds is 4. The maximum Gasteiger partial charge on any atom is 0.227 e. The van der Waals surface area contributed by atoms with Gasteiger partial charge in [-0.1, -0.05) is 0 Å². The van der Waals surface area contributed by atoms with Gasteiger partial charge in [-0.2, -0.15) is 0 Å². The Morgan fingerprint density at radius 1 is 1.00 bits per heavy atom. The molecule has 0 aliphatic heterocycles. The van der Waals surface area contributed by atoms with E-state index in [2.05, 4.69) is 41.2 Å². The molecule has 0 aliphatic carbocycles. The SMILES string of the molecule is CN(C)c1cc(Nc2ncc3c(N(C)C)ncc(Br)c3n2)ccn1. The van der Waals surface area contributed by atoms with Crippen LogP contribution in [0.1, 0.15) is 0 Å². The fourth-order valence-corrected chi connectivity index (χ4v) is 2.67. The highest BCUT2D eigenvalue weighted by atomic mass is 79.9. The lowest BCUT2D eigenvalue weighted by Crippen LogP contribution is -2.12. The Labute approximate surface area is 148 Å². The molecule has 0 saturated carbocycles. The molecule has 0 fully saturated rings. The first-order chi connectivity index (χ1) is 11.5. The third-order valence-electron chi connectivity index (χ3n) is 3.44. The molecule has 8 heteroatoms. The van der Waals surface area contributed by atoms with Gasteiger partial charge in [-0.3, -0.25) is 0 Å². The van der Waals surface area contributed by atoms with E-state index in [4.69, 9.17) is 0 Å². The summed E-state index contributed by atoms with van der Waals surface area (Å²) in [5, 5.41) is 4.12. The Hall–Kier alpha value is -2.48. The highest BCUT2D eigenvalue weighted by Crippen LogP contribution is 2.28. The summed E-state index contributed by atoms with van der Waals surface area (Å²) < 4.78 is 0.831. The molecule has 0 aliphatic rings. The lowest BCUT2D eigenvalue weighted by molar-refractivity contribution is 1.07. The molecule has 0 bridgehead atoms. The van der Waals surface area contributed by atoms with Crippen LogP contribution in [0.4, 0.5) is 23.3 Å². The highest BCUT2D eigenvalue weighted by Gasteiger charge is 2.11. The first-order valence-electron chi connectivity index (χ1n) is 7.34. The molecule has 3 rings (SSSR count). The van der Waals surface area contributed by atoms with Crippen LogP contribution in [0.15, 0.2) is 35.2 Å². The minimum absolute atomic E-state index is 0.523. The summed E-state index contributed by atoms with van der Waals surface area (Å²) in [5.41, 5.74) is 1.69. The summed E-state index contributed by atoms with van der Waals surface area (Å²) in [6.07, 6.45) is 5.29. The third kappa shape index (κ3) is 3.23. The summed E-state index contributed by atoms with van der Waals surface area (Å²) in [7, 11) is 7.79. The molecular weight excluding hydrogens is 370 g/mol. The van der Waals surface area contributed by atoms with Crippen molar-refractivity contribution >= 4 is 50.1 Å². The molecule has 24 heavy (non-hydrogen) atoms. The Balaban J connectivity index is 1.99. The van der Waals surface area contributed by atoms with Crippen LogP contribution in [0.5, 0.6) is 0 Å². The van der Waals surface area contributed by atoms with E-state index < -0.39 is 0 Å². The minimum atomic E-state index is 0.523. The Bertz CT molecular complexity index is 879. The number of pyridine rings is 2. The van der Waals surface area contributed by atoms with Gasteiger partial charge in [-0.15, -0.1) is 0 Å². The number of nitrogens with zero attached hydrogens (tertiary/aromatic N) is 6. The molecule has 0 unspecified atom stereocenters. The lowest BCUT2D eigenvalue weighted by Gasteiger charge is -2.15. The van der Waals surface area contributed by atoms with Gasteiger partial charge in [0, 0.05) is 58.5 Å². The molecule has 0 atom stereocenters. The van der Waals surface area contributed by atoms with Crippen molar-refractivity contribution in [3.63, 3.8) is 0 Å². The summed E-state index contributed by atoms with van der Waals surface area (Å²) in [5.74, 6) is 2.22. The van der Waals surface area contributed by atoms with E-state index in [9.17, 15) is 0 Å². The smallest absolute Gasteiger partial charge is 0.227 e. The predicted octanol–water partition coefficient (Wildman–Crippen LogP) is 3.06. The zero-order valence-electron chi connectivity index (χ0n) is 13.9. The van der Waals surface area contributed by atoms with Crippen LogP contribution in [-0.4, -0.2) is 48.1 Å². The van der Waals surface area contributed by atoms with Gasteiger partial charge in [-0.05, 0) is 22.0 Å². The predicted molar refractivity (Wildman–Crippen MR) is 101 cm³/mol. The molecule has 0 amide bonds. The van der Waals surface area contributed by atoms with Crippen molar-refractivity contribution in [3.05, 3.63) is 35.2 Å². The molecule has 0 aromatic carbocycles. The molecule has 3 heterocycles. The average Bonchev–Trinajstić information content (AvgIpc) is 2.55. The van der Waals surface area contributed by atoms with Gasteiger partial charge < -0.3 is 15.1 Å². The van der Waals surface area contributed by atoms with E-state index in [1.807, 2.05) is 50.1 Å². The third-order valence-corrected chi connectivity index (χ3v) is 4.02. The fraction of sp³-hybridized carbons (Fsp3) is 0.250. The number of halogens is 1. The Morgan fingerprint density at radius 3 is 2.50 bits per heavy atom. The normalized spacial score (nSPS) is 10.7. The number of nitrogens with one attached hydrogen (secondary N) is 1. The fourth-order valence-electron chi connectivity index (χ4n) is 2.26. The maximum atomic E-state index is 4.62. The zero-order chi connectivity index (χ0) is 17.3. The number of aromatic nitrogens is 4. The standard InChI is InChI=1S/C16H18BrN7/c1-23(2)13-7-10(5-6-18-13)21-16-20-8-11-14(22-16)12(17)9-19-15(11)24(3)4/h5-9H,1-4H3,(H,18,20,21,22). The summed E-state index contributed by atoms with van der Waals surface area (Å²) in [6.45, 7) is 0. The van der Waals surface area contributed by atoms with Gasteiger partial charge in [0.1, 0.15) is 11.6 Å². The van der Waals surface area contributed by atoms with Crippen LogP contribution >= 0.6 is 15.9 Å². The molecule has 3 aromatic heterocycles. The van der Waals surface area contributed by atoms with Crippen LogP contribution in [0, 0.1) is 0 Å². The van der Waals surface area contributed by atoms with Crippen molar-refractivity contribution < 1.29 is 0 Å². The molecule has 7 nitrogen and oxygen atoms in total. The van der Waals surface area contributed by atoms with E-state index >= 15 is 0 Å². The summed E-state index contributed by atoms with van der Waals surface area (Å²) in [4.78, 5) is 21.6. The van der Waals surface area contributed by atoms with Crippen LogP contribution < -0.4 is 15.1 Å². The quantitative estimate of drug-likeness (QED) is 0.737. The van der Waals surface area contributed by atoms with Crippen molar-refractivity contribution in [1.82, 2.24) is 19.9 Å². The van der Waals surface area contributed by atoms with E-state index in [1.165, 1.54) is 0 Å². The first-order valence-corrected chi connectivity index (χ1v) is 8.14. The maximum absolute atomic E-state index is 4.62. The van der Waals surface area contributed by atoms with Crippen molar-refractivity contribution in [2.45, 2.75) is 0 Å². The van der Waals surface area contributed by atoms with Gasteiger partial charge in [-0.25, -0.2) is 19.9 Å². The van der Waals surface area contributed by atoms with Gasteiger partial charge in [0.15, 0.2) is 0 Å². The lowest BCUT2D eigenvalue weighted by atomic mass is 10.3. The van der Waals surface area contributed by atoms with Gasteiger partial charge >= 0.3 is 0 Å². The van der Waals surface area contributed by atoms with Gasteiger partial charge in [0.2, 0.25) is 5.95 Å². The molecule has 1 N–H and O–H groups in total. The monoisotopic (exact) mass is 387 g/mol. The Morgan fingerprint density at radius 2 is 1.79 bits per heavy atom. The van der Waals surface area contributed by atoms with Crippen LogP contribution in [0.25, 0.3) is 10.9 Å². The average molecular weight is 388 g/mol. The second-order valence-corrected chi connectivity index (χ2v) is 6.56. The Kier molecular flexibility index (Phi) is 4.48. The first kappa shape index (κ1) is 16.4. The van der Waals surface area contributed by atoms with Crippen LogP contribution in [0.3, 0.4) is 0 Å². The number of fused-ring (bicyclic) bond motifs is 1. The van der Waals surface area contributed by atoms with Crippen molar-refractivity contribution in [2.75, 3.05) is 43.3 Å². The van der Waals surface area contributed by atoms with Gasteiger partial charge in [0.25, 0.3) is 0 Å². The molecule has 124 valence electrons. The summed E-state index contributed by atoms with van der Waals surface area (Å²) in [6, 6.07) is 3.83. The van der Waals surface area contributed by atoms with E-state index in [0.717, 1.165) is 32.7 Å². The van der Waals surface area contributed by atoms with Gasteiger partial charge in [0.05, 0.1) is 15.4 Å².